The molecule has 0 aliphatic rings. The molecule has 0 radical (unpaired) electrons. The molecule has 1 N–H and O–H groups in total. The monoisotopic (exact) mass is 490 g/mol. The van der Waals surface area contributed by atoms with Crippen molar-refractivity contribution in [3.63, 3.8) is 0 Å². The van der Waals surface area contributed by atoms with Crippen molar-refractivity contribution >= 4 is 28.6 Å². The molecular weight excluding hydrogens is 460 g/mol. The van der Waals surface area contributed by atoms with Crippen LogP contribution in [0.4, 0.5) is 5.69 Å². The number of nitrogens with one attached hydrogen (secondary N) is 1. The van der Waals surface area contributed by atoms with Gasteiger partial charge >= 0.3 is 5.97 Å². The molecule has 0 bridgehead atoms. The van der Waals surface area contributed by atoms with Crippen molar-refractivity contribution in [3.05, 3.63) is 70.7 Å². The van der Waals surface area contributed by atoms with E-state index in [1.54, 1.807) is 30.5 Å². The molecule has 0 saturated heterocycles. The summed E-state index contributed by atoms with van der Waals surface area (Å²) in [5.41, 5.74) is 3.42. The molecule has 0 aliphatic carbocycles. The van der Waals surface area contributed by atoms with Crippen LogP contribution in [0, 0.1) is 11.3 Å². The average Bonchev–Trinajstić information content (AvgIpc) is 3.38. The van der Waals surface area contributed by atoms with Crippen molar-refractivity contribution in [2.45, 2.75) is 20.8 Å². The number of likely N-dealkylation sites (N-methyl/N-ethyl adjacent to an activating group) is 1. The smallest absolute Gasteiger partial charge is 0.338 e. The van der Waals surface area contributed by atoms with Crippen LogP contribution >= 0.6 is 11.3 Å². The van der Waals surface area contributed by atoms with E-state index in [4.69, 9.17) is 9.47 Å². The van der Waals surface area contributed by atoms with Crippen molar-refractivity contribution < 1.29 is 14.3 Å². The fraction of sp³-hybridized carbons (Fsp3) is 0.296. The molecule has 182 valence electrons. The molecule has 0 fully saturated rings. The highest BCUT2D eigenvalue weighted by molar-refractivity contribution is 7.11. The quantitative estimate of drug-likeness (QED) is 0.258. The number of ether oxygens (including phenoxy) is 2. The Morgan fingerprint density at radius 3 is 2.46 bits per heavy atom. The van der Waals surface area contributed by atoms with Gasteiger partial charge in [0.25, 0.3) is 0 Å². The lowest BCUT2D eigenvalue weighted by Crippen LogP contribution is -2.27. The number of nitrogens with zero attached hydrogens (tertiary/aromatic N) is 3. The van der Waals surface area contributed by atoms with E-state index in [1.165, 1.54) is 11.3 Å². The van der Waals surface area contributed by atoms with Crippen molar-refractivity contribution in [1.82, 2.24) is 9.88 Å². The molecule has 3 rings (SSSR count). The van der Waals surface area contributed by atoms with Crippen LogP contribution in [-0.2, 0) is 4.74 Å². The van der Waals surface area contributed by atoms with Crippen molar-refractivity contribution in [1.29, 1.82) is 5.26 Å². The summed E-state index contributed by atoms with van der Waals surface area (Å²) in [7, 11) is 0. The summed E-state index contributed by atoms with van der Waals surface area (Å²) < 4.78 is 10.8. The lowest BCUT2D eigenvalue weighted by atomic mass is 10.2. The third-order valence-corrected chi connectivity index (χ3v) is 6.23. The van der Waals surface area contributed by atoms with Crippen LogP contribution in [0.3, 0.4) is 0 Å². The molecule has 0 atom stereocenters. The molecule has 0 amide bonds. The molecular formula is C27H30N4O3S. The summed E-state index contributed by atoms with van der Waals surface area (Å²) >= 11 is 1.41. The van der Waals surface area contributed by atoms with Gasteiger partial charge in [0.1, 0.15) is 29.0 Å². The van der Waals surface area contributed by atoms with E-state index < -0.39 is 0 Å². The topological polar surface area (TPSA) is 87.5 Å². The van der Waals surface area contributed by atoms with E-state index >= 15 is 0 Å². The second-order valence-corrected chi connectivity index (χ2v) is 8.41. The van der Waals surface area contributed by atoms with Gasteiger partial charge in [0.2, 0.25) is 0 Å². The minimum Gasteiger partial charge on any atom is -0.494 e. The first kappa shape index (κ1) is 25.9. The molecule has 0 saturated carbocycles. The van der Waals surface area contributed by atoms with Gasteiger partial charge in [0.05, 0.1) is 17.9 Å². The lowest BCUT2D eigenvalue weighted by Gasteiger charge is -2.17. The Labute approximate surface area is 210 Å². The Bertz CT molecular complexity index is 1160. The minimum absolute atomic E-state index is 0.346. The third kappa shape index (κ3) is 7.41. The number of nitriles is 1. The molecule has 8 heteroatoms. The van der Waals surface area contributed by atoms with E-state index in [1.807, 2.05) is 36.6 Å². The van der Waals surface area contributed by atoms with Crippen LogP contribution < -0.4 is 10.1 Å². The number of hydrogen-bond acceptors (Lipinski definition) is 8. The number of anilines is 1. The predicted molar refractivity (Wildman–Crippen MR) is 140 cm³/mol. The number of rotatable bonds is 12. The normalized spacial score (nSPS) is 11.2. The number of carbonyl (C=O) groups is 1. The highest BCUT2D eigenvalue weighted by Gasteiger charge is 2.10. The van der Waals surface area contributed by atoms with Gasteiger partial charge in [-0.1, -0.05) is 13.8 Å². The number of aromatic nitrogens is 1. The molecule has 1 heterocycles. The molecule has 0 unspecified atom stereocenters. The molecule has 7 nitrogen and oxygen atoms in total. The van der Waals surface area contributed by atoms with Gasteiger partial charge in [-0.15, -0.1) is 11.3 Å². The summed E-state index contributed by atoms with van der Waals surface area (Å²) in [5.74, 6) is 0.467. The predicted octanol–water partition coefficient (Wildman–Crippen LogP) is 5.68. The highest BCUT2D eigenvalue weighted by Crippen LogP contribution is 2.27. The Hall–Kier alpha value is -3.67. The largest absolute Gasteiger partial charge is 0.494 e. The minimum atomic E-state index is -0.346. The summed E-state index contributed by atoms with van der Waals surface area (Å²) in [6.07, 6.45) is 1.62. The Morgan fingerprint density at radius 1 is 1.11 bits per heavy atom. The van der Waals surface area contributed by atoms with Crippen LogP contribution in [0.5, 0.6) is 5.75 Å². The zero-order valence-corrected chi connectivity index (χ0v) is 21.1. The van der Waals surface area contributed by atoms with Crippen LogP contribution in [0.2, 0.25) is 0 Å². The maximum Gasteiger partial charge on any atom is 0.338 e. The molecule has 0 spiro atoms. The van der Waals surface area contributed by atoms with Crippen LogP contribution in [0.15, 0.2) is 60.1 Å². The number of hydrogen-bond donors (Lipinski definition) is 1. The fourth-order valence-corrected chi connectivity index (χ4v) is 4.10. The first-order chi connectivity index (χ1) is 17.1. The van der Waals surface area contributed by atoms with Gasteiger partial charge in [0.15, 0.2) is 0 Å². The molecule has 3 aromatic rings. The van der Waals surface area contributed by atoms with Crippen molar-refractivity contribution in [2.24, 2.45) is 0 Å². The zero-order valence-electron chi connectivity index (χ0n) is 20.3. The van der Waals surface area contributed by atoms with Crippen LogP contribution in [0.1, 0.15) is 36.1 Å². The van der Waals surface area contributed by atoms with E-state index in [2.05, 4.69) is 35.1 Å². The number of thiazole rings is 1. The third-order valence-electron chi connectivity index (χ3n) is 5.36. The maximum absolute atomic E-state index is 12.3. The second-order valence-electron chi connectivity index (χ2n) is 7.55. The number of allylic oxidation sites excluding steroid dienone is 1. The summed E-state index contributed by atoms with van der Waals surface area (Å²) in [5, 5.41) is 15.3. The second kappa shape index (κ2) is 13.3. The van der Waals surface area contributed by atoms with Crippen molar-refractivity contribution in [3.8, 4) is 23.1 Å². The molecule has 2 aromatic carbocycles. The number of carbonyl (C=O) groups excluding carboxylic acids is 1. The molecule has 35 heavy (non-hydrogen) atoms. The SMILES string of the molecule is CCOc1ccc(-c2csc(/C(C#N)=C\Nc3ccc(C(=O)OCCN(CC)CC)cc3)n2)cc1. The van der Waals surface area contributed by atoms with Gasteiger partial charge in [0, 0.05) is 29.4 Å². The average molecular weight is 491 g/mol. The van der Waals surface area contributed by atoms with E-state index in [9.17, 15) is 10.1 Å². The molecule has 1 aromatic heterocycles. The van der Waals surface area contributed by atoms with E-state index in [0.717, 1.165) is 42.3 Å². The molecule has 0 aliphatic heterocycles. The Balaban J connectivity index is 1.59. The highest BCUT2D eigenvalue weighted by atomic mass is 32.1. The Kier molecular flexibility index (Phi) is 9.84. The summed E-state index contributed by atoms with van der Waals surface area (Å²) in [6.45, 7) is 9.66. The number of esters is 1. The fourth-order valence-electron chi connectivity index (χ4n) is 3.31. The van der Waals surface area contributed by atoms with Gasteiger partial charge in [-0.2, -0.15) is 5.26 Å². The van der Waals surface area contributed by atoms with Crippen LogP contribution in [-0.4, -0.2) is 48.7 Å². The lowest BCUT2D eigenvalue weighted by molar-refractivity contribution is 0.0466. The standard InChI is InChI=1S/C27H30N4O3S/c1-4-31(5-2)15-16-34-27(32)21-7-11-23(12-8-21)29-18-22(17-28)26-30-25(19-35-26)20-9-13-24(14-10-20)33-6-3/h7-14,18-19,29H,4-6,15-16H2,1-3H3/b22-18-. The van der Waals surface area contributed by atoms with Gasteiger partial charge in [-0.05, 0) is 68.5 Å². The van der Waals surface area contributed by atoms with E-state index in [-0.39, 0.29) is 5.97 Å². The van der Waals surface area contributed by atoms with Gasteiger partial charge in [-0.3, -0.25) is 0 Å². The van der Waals surface area contributed by atoms with Gasteiger partial charge < -0.3 is 19.7 Å². The number of benzene rings is 2. The first-order valence-electron chi connectivity index (χ1n) is 11.6. The maximum atomic E-state index is 12.3. The summed E-state index contributed by atoms with van der Waals surface area (Å²) in [6, 6.07) is 16.9. The van der Waals surface area contributed by atoms with Gasteiger partial charge in [-0.25, -0.2) is 9.78 Å². The first-order valence-corrected chi connectivity index (χ1v) is 12.5. The zero-order chi connectivity index (χ0) is 25.0. The Morgan fingerprint density at radius 2 is 1.83 bits per heavy atom. The van der Waals surface area contributed by atoms with Crippen LogP contribution in [0.25, 0.3) is 16.8 Å². The van der Waals surface area contributed by atoms with Crippen molar-refractivity contribution in [2.75, 3.05) is 38.2 Å². The van der Waals surface area contributed by atoms with E-state index in [0.29, 0.717) is 29.4 Å². The summed E-state index contributed by atoms with van der Waals surface area (Å²) in [4.78, 5) is 19.1.